The van der Waals surface area contributed by atoms with Crippen molar-refractivity contribution in [2.45, 2.75) is 6.92 Å². The second kappa shape index (κ2) is 8.39. The summed E-state index contributed by atoms with van der Waals surface area (Å²) < 4.78 is 11.3. The number of ether oxygens (including phenoxy) is 2. The Morgan fingerprint density at radius 1 is 1.12 bits per heavy atom. The van der Waals surface area contributed by atoms with E-state index in [-0.39, 0.29) is 5.57 Å². The molecule has 2 N–H and O–H groups in total. The second-order valence-electron chi connectivity index (χ2n) is 5.08. The smallest absolute Gasteiger partial charge is 0.259 e. The Hall–Kier alpha value is -3.26. The van der Waals surface area contributed by atoms with Crippen molar-refractivity contribution in [3.05, 3.63) is 65.2 Å². The minimum absolute atomic E-state index is 0.123. The maximum Gasteiger partial charge on any atom is 0.259 e. The number of amides is 1. The third-order valence-corrected chi connectivity index (χ3v) is 3.24. The number of nitrogens with two attached hydrogens (primary N) is 1. The second-order valence-corrected chi connectivity index (χ2v) is 5.08. The maximum atomic E-state index is 11.2. The molecule has 1 amide bonds. The normalized spacial score (nSPS) is 10.8. The fourth-order valence-corrected chi connectivity index (χ4v) is 1.99. The molecule has 122 valence electrons. The van der Waals surface area contributed by atoms with Crippen molar-refractivity contribution in [2.24, 2.45) is 5.73 Å². The van der Waals surface area contributed by atoms with Crippen LogP contribution >= 0.6 is 0 Å². The number of benzene rings is 2. The Kier molecular flexibility index (Phi) is 5.98. The molecule has 0 saturated carbocycles. The van der Waals surface area contributed by atoms with Crippen molar-refractivity contribution in [1.82, 2.24) is 0 Å². The highest BCUT2D eigenvalue weighted by Crippen LogP contribution is 2.21. The zero-order chi connectivity index (χ0) is 17.4. The number of carbonyl (C=O) groups excluding carboxylic acids is 1. The van der Waals surface area contributed by atoms with Gasteiger partial charge in [-0.25, -0.2) is 0 Å². The van der Waals surface area contributed by atoms with Crippen LogP contribution in [0.2, 0.25) is 0 Å². The van der Waals surface area contributed by atoms with E-state index in [1.165, 1.54) is 11.6 Å². The number of para-hydroxylation sites is 1. The fraction of sp³-hybridized carbons (Fsp3) is 0.158. The van der Waals surface area contributed by atoms with E-state index in [1.807, 2.05) is 37.3 Å². The first-order valence-corrected chi connectivity index (χ1v) is 7.43. The van der Waals surface area contributed by atoms with Gasteiger partial charge in [0.05, 0.1) is 0 Å². The first-order chi connectivity index (χ1) is 11.6. The third kappa shape index (κ3) is 4.89. The number of hydrogen-bond donors (Lipinski definition) is 1. The predicted molar refractivity (Wildman–Crippen MR) is 91.4 cm³/mol. The number of primary amides is 1. The molecule has 0 saturated heterocycles. The van der Waals surface area contributed by atoms with Crippen LogP contribution in [0.1, 0.15) is 11.1 Å². The van der Waals surface area contributed by atoms with Gasteiger partial charge in [-0.2, -0.15) is 5.26 Å². The minimum Gasteiger partial charge on any atom is -0.490 e. The van der Waals surface area contributed by atoms with Crippen LogP contribution in [0, 0.1) is 18.3 Å². The summed E-state index contributed by atoms with van der Waals surface area (Å²) >= 11 is 0. The number of hydrogen-bond acceptors (Lipinski definition) is 4. The van der Waals surface area contributed by atoms with E-state index >= 15 is 0 Å². The molecule has 5 heteroatoms. The lowest BCUT2D eigenvalue weighted by molar-refractivity contribution is -0.114. The molecule has 2 aromatic carbocycles. The van der Waals surface area contributed by atoms with Crippen LogP contribution in [-0.4, -0.2) is 19.1 Å². The zero-order valence-corrected chi connectivity index (χ0v) is 13.4. The van der Waals surface area contributed by atoms with Crippen molar-refractivity contribution in [3.8, 4) is 17.6 Å². The van der Waals surface area contributed by atoms with E-state index in [0.717, 1.165) is 5.75 Å². The van der Waals surface area contributed by atoms with Gasteiger partial charge in [0.25, 0.3) is 5.91 Å². The van der Waals surface area contributed by atoms with Gasteiger partial charge < -0.3 is 15.2 Å². The van der Waals surface area contributed by atoms with Gasteiger partial charge in [0, 0.05) is 5.56 Å². The van der Waals surface area contributed by atoms with Crippen LogP contribution in [0.4, 0.5) is 0 Å². The van der Waals surface area contributed by atoms with Crippen LogP contribution in [0.5, 0.6) is 11.5 Å². The van der Waals surface area contributed by atoms with Gasteiger partial charge in [-0.15, -0.1) is 0 Å². The molecule has 0 fully saturated rings. The Morgan fingerprint density at radius 2 is 1.79 bits per heavy atom. The summed E-state index contributed by atoms with van der Waals surface area (Å²) in [5.74, 6) is 0.562. The van der Waals surface area contributed by atoms with Gasteiger partial charge in [0.2, 0.25) is 0 Å². The molecular formula is C19H18N2O3. The highest BCUT2D eigenvalue weighted by atomic mass is 16.5. The monoisotopic (exact) mass is 322 g/mol. The highest BCUT2D eigenvalue weighted by molar-refractivity contribution is 6.00. The lowest BCUT2D eigenvalue weighted by atomic mass is 10.1. The molecule has 0 aromatic heterocycles. The van der Waals surface area contributed by atoms with Crippen molar-refractivity contribution >= 4 is 12.0 Å². The minimum atomic E-state index is -0.769. The van der Waals surface area contributed by atoms with Crippen molar-refractivity contribution in [3.63, 3.8) is 0 Å². The molecule has 0 aliphatic rings. The largest absolute Gasteiger partial charge is 0.490 e. The molecule has 0 aliphatic heterocycles. The number of nitriles is 1. The summed E-state index contributed by atoms with van der Waals surface area (Å²) in [6.45, 7) is 2.72. The summed E-state index contributed by atoms with van der Waals surface area (Å²) in [4.78, 5) is 11.2. The molecule has 0 unspecified atom stereocenters. The van der Waals surface area contributed by atoms with Crippen LogP contribution in [0.3, 0.4) is 0 Å². The van der Waals surface area contributed by atoms with E-state index < -0.39 is 5.91 Å². The quantitative estimate of drug-likeness (QED) is 0.482. The van der Waals surface area contributed by atoms with Crippen molar-refractivity contribution in [2.75, 3.05) is 13.2 Å². The fourth-order valence-electron chi connectivity index (χ4n) is 1.99. The molecule has 0 bridgehead atoms. The molecule has 5 nitrogen and oxygen atoms in total. The molecular weight excluding hydrogens is 304 g/mol. The average Bonchev–Trinajstić information content (AvgIpc) is 2.59. The van der Waals surface area contributed by atoms with Gasteiger partial charge in [-0.05, 0) is 31.2 Å². The van der Waals surface area contributed by atoms with E-state index in [0.29, 0.717) is 24.5 Å². The number of aryl methyl sites for hydroxylation is 1. The summed E-state index contributed by atoms with van der Waals surface area (Å²) in [6.07, 6.45) is 1.42. The number of rotatable bonds is 7. The standard InChI is InChI=1S/C19H18N2O3/c1-14-6-8-17(9-7-14)23-10-11-24-18-5-3-2-4-15(18)12-16(13-20)19(21)22/h2-9,12H,10-11H2,1H3,(H2,21,22)/b16-12-. The van der Waals surface area contributed by atoms with Crippen LogP contribution in [-0.2, 0) is 4.79 Å². The third-order valence-electron chi connectivity index (χ3n) is 3.24. The predicted octanol–water partition coefficient (Wildman–Crippen LogP) is 2.85. The van der Waals surface area contributed by atoms with Gasteiger partial charge in [-0.3, -0.25) is 4.79 Å². The van der Waals surface area contributed by atoms with Crippen LogP contribution < -0.4 is 15.2 Å². The van der Waals surface area contributed by atoms with Crippen LogP contribution in [0.25, 0.3) is 6.08 Å². The number of nitrogens with zero attached hydrogens (tertiary/aromatic N) is 1. The number of carbonyl (C=O) groups is 1. The van der Waals surface area contributed by atoms with Crippen molar-refractivity contribution < 1.29 is 14.3 Å². The SMILES string of the molecule is Cc1ccc(OCCOc2ccccc2/C=C(/C#N)C(N)=O)cc1. The lowest BCUT2D eigenvalue weighted by Gasteiger charge is -2.10. The topological polar surface area (TPSA) is 85.3 Å². The van der Waals surface area contributed by atoms with E-state index in [9.17, 15) is 4.79 Å². The van der Waals surface area contributed by atoms with Gasteiger partial charge in [-0.1, -0.05) is 35.9 Å². The Morgan fingerprint density at radius 3 is 2.46 bits per heavy atom. The molecule has 0 radical (unpaired) electrons. The van der Waals surface area contributed by atoms with Gasteiger partial charge in [0.15, 0.2) is 0 Å². The Labute approximate surface area is 140 Å². The van der Waals surface area contributed by atoms with E-state index in [4.69, 9.17) is 20.5 Å². The molecule has 2 aromatic rings. The maximum absolute atomic E-state index is 11.2. The lowest BCUT2D eigenvalue weighted by Crippen LogP contribution is -2.13. The molecule has 0 aliphatic carbocycles. The summed E-state index contributed by atoms with van der Waals surface area (Å²) in [5, 5.41) is 8.93. The van der Waals surface area contributed by atoms with Gasteiger partial charge >= 0.3 is 0 Å². The van der Waals surface area contributed by atoms with Crippen molar-refractivity contribution in [1.29, 1.82) is 5.26 Å². The first-order valence-electron chi connectivity index (χ1n) is 7.43. The molecule has 0 atom stereocenters. The highest BCUT2D eigenvalue weighted by Gasteiger charge is 2.07. The van der Waals surface area contributed by atoms with E-state index in [2.05, 4.69) is 0 Å². The molecule has 0 spiro atoms. The molecule has 24 heavy (non-hydrogen) atoms. The molecule has 0 heterocycles. The van der Waals surface area contributed by atoms with Gasteiger partial charge in [0.1, 0.15) is 36.4 Å². The van der Waals surface area contributed by atoms with Crippen LogP contribution in [0.15, 0.2) is 54.1 Å². The van der Waals surface area contributed by atoms with E-state index in [1.54, 1.807) is 24.3 Å². The first kappa shape index (κ1) is 17.1. The Bertz CT molecular complexity index is 774. The Balaban J connectivity index is 1.97. The molecule has 2 rings (SSSR count). The zero-order valence-electron chi connectivity index (χ0n) is 13.4. The summed E-state index contributed by atoms with van der Waals surface area (Å²) in [7, 11) is 0. The average molecular weight is 322 g/mol. The summed E-state index contributed by atoms with van der Waals surface area (Å²) in [5.41, 5.74) is 6.81. The summed E-state index contributed by atoms with van der Waals surface area (Å²) in [6, 6.07) is 16.6.